The molecule has 1 unspecified atom stereocenters. The van der Waals surface area contributed by atoms with Gasteiger partial charge in [0.1, 0.15) is 24.2 Å². The molecule has 0 radical (unpaired) electrons. The number of ether oxygens (including phenoxy) is 2. The summed E-state index contributed by atoms with van der Waals surface area (Å²) in [5.74, 6) is 0.938. The van der Waals surface area contributed by atoms with Crippen LogP contribution in [0.15, 0.2) is 34.7 Å². The number of amides is 1. The molecule has 28 heavy (non-hydrogen) atoms. The summed E-state index contributed by atoms with van der Waals surface area (Å²) < 4.78 is 16.6. The molecule has 0 bridgehead atoms. The first-order chi connectivity index (χ1) is 13.5. The van der Waals surface area contributed by atoms with E-state index < -0.39 is 6.04 Å². The zero-order valence-corrected chi connectivity index (χ0v) is 16.7. The third-order valence-corrected chi connectivity index (χ3v) is 4.90. The standard InChI is InChI=1S/C22H27NO5/c1-4-26-22(25)18-7-5-6-12-23(18)21(24)20-11-9-17(28-20)14-27-19-10-8-15(2)13-16(19)3/h8-11,13,18H,4-7,12,14H2,1-3H3. The smallest absolute Gasteiger partial charge is 0.328 e. The lowest BCUT2D eigenvalue weighted by Gasteiger charge is -2.33. The van der Waals surface area contributed by atoms with E-state index in [0.29, 0.717) is 25.3 Å². The van der Waals surface area contributed by atoms with E-state index in [4.69, 9.17) is 13.9 Å². The number of furan rings is 1. The molecule has 0 aliphatic carbocycles. The number of hydrogen-bond donors (Lipinski definition) is 0. The van der Waals surface area contributed by atoms with Gasteiger partial charge in [0.2, 0.25) is 0 Å². The van der Waals surface area contributed by atoms with E-state index in [1.165, 1.54) is 5.56 Å². The van der Waals surface area contributed by atoms with Crippen LogP contribution in [0.1, 0.15) is 53.6 Å². The van der Waals surface area contributed by atoms with E-state index >= 15 is 0 Å². The summed E-state index contributed by atoms with van der Waals surface area (Å²) in [5.41, 5.74) is 2.22. The minimum absolute atomic E-state index is 0.218. The second-order valence-electron chi connectivity index (χ2n) is 7.09. The number of nitrogens with zero attached hydrogens (tertiary/aromatic N) is 1. The highest BCUT2D eigenvalue weighted by atomic mass is 16.5. The Labute approximate surface area is 165 Å². The summed E-state index contributed by atoms with van der Waals surface area (Å²) in [4.78, 5) is 26.6. The molecule has 1 fully saturated rings. The Kier molecular flexibility index (Phi) is 6.39. The SMILES string of the molecule is CCOC(=O)C1CCCCN1C(=O)c1ccc(COc2ccc(C)cc2C)o1. The average Bonchev–Trinajstić information content (AvgIpc) is 3.16. The van der Waals surface area contributed by atoms with Crippen molar-refractivity contribution in [2.45, 2.75) is 52.7 Å². The van der Waals surface area contributed by atoms with Gasteiger partial charge in [-0.05, 0) is 63.8 Å². The van der Waals surface area contributed by atoms with Crippen molar-refractivity contribution in [2.24, 2.45) is 0 Å². The number of carbonyl (C=O) groups is 2. The van der Waals surface area contributed by atoms with Crippen LogP contribution in [0.2, 0.25) is 0 Å². The third-order valence-electron chi connectivity index (χ3n) is 4.90. The Bertz CT molecular complexity index is 841. The molecule has 3 rings (SSSR count). The van der Waals surface area contributed by atoms with Crippen molar-refractivity contribution < 1.29 is 23.5 Å². The van der Waals surface area contributed by atoms with E-state index in [1.807, 2.05) is 26.0 Å². The molecule has 150 valence electrons. The molecule has 1 aliphatic rings. The number of rotatable bonds is 6. The first-order valence-electron chi connectivity index (χ1n) is 9.76. The van der Waals surface area contributed by atoms with Crippen molar-refractivity contribution >= 4 is 11.9 Å². The highest BCUT2D eigenvalue weighted by Gasteiger charge is 2.34. The maximum Gasteiger partial charge on any atom is 0.328 e. The van der Waals surface area contributed by atoms with Crippen molar-refractivity contribution in [1.82, 2.24) is 4.90 Å². The van der Waals surface area contributed by atoms with Gasteiger partial charge in [-0.3, -0.25) is 4.79 Å². The first-order valence-corrected chi connectivity index (χ1v) is 9.76. The van der Waals surface area contributed by atoms with Crippen LogP contribution in [-0.2, 0) is 16.1 Å². The van der Waals surface area contributed by atoms with Crippen molar-refractivity contribution in [1.29, 1.82) is 0 Å². The van der Waals surface area contributed by atoms with Gasteiger partial charge in [-0.15, -0.1) is 0 Å². The number of carbonyl (C=O) groups excluding carboxylic acids is 2. The Morgan fingerprint density at radius 3 is 2.75 bits per heavy atom. The van der Waals surface area contributed by atoms with Crippen molar-refractivity contribution in [3.8, 4) is 5.75 Å². The lowest BCUT2D eigenvalue weighted by molar-refractivity contribution is -0.149. The van der Waals surface area contributed by atoms with Crippen LogP contribution in [0.4, 0.5) is 0 Å². The predicted octanol–water partition coefficient (Wildman–Crippen LogP) is 4.03. The normalized spacial score (nSPS) is 16.7. The second-order valence-corrected chi connectivity index (χ2v) is 7.09. The van der Waals surface area contributed by atoms with Crippen LogP contribution < -0.4 is 4.74 Å². The zero-order valence-electron chi connectivity index (χ0n) is 16.7. The van der Waals surface area contributed by atoms with E-state index in [1.54, 1.807) is 24.0 Å². The van der Waals surface area contributed by atoms with Crippen LogP contribution in [0.3, 0.4) is 0 Å². The van der Waals surface area contributed by atoms with Gasteiger partial charge in [0.25, 0.3) is 5.91 Å². The van der Waals surface area contributed by atoms with Gasteiger partial charge in [-0.1, -0.05) is 17.7 Å². The summed E-state index contributed by atoms with van der Waals surface area (Å²) in [6, 6.07) is 8.81. The average molecular weight is 385 g/mol. The summed E-state index contributed by atoms with van der Waals surface area (Å²) in [6.07, 6.45) is 2.39. The van der Waals surface area contributed by atoms with Crippen molar-refractivity contribution in [3.63, 3.8) is 0 Å². The highest BCUT2D eigenvalue weighted by molar-refractivity contribution is 5.94. The van der Waals surface area contributed by atoms with Crippen molar-refractivity contribution in [2.75, 3.05) is 13.2 Å². The fourth-order valence-electron chi connectivity index (χ4n) is 3.48. The van der Waals surface area contributed by atoms with E-state index in [0.717, 1.165) is 24.2 Å². The summed E-state index contributed by atoms with van der Waals surface area (Å²) in [7, 11) is 0. The van der Waals surface area contributed by atoms with Gasteiger partial charge in [-0.2, -0.15) is 0 Å². The van der Waals surface area contributed by atoms with Gasteiger partial charge in [0.15, 0.2) is 5.76 Å². The molecule has 0 saturated carbocycles. The molecule has 2 heterocycles. The predicted molar refractivity (Wildman–Crippen MR) is 104 cm³/mol. The molecule has 1 aromatic heterocycles. The molecule has 1 atom stereocenters. The molecule has 0 N–H and O–H groups in total. The van der Waals surface area contributed by atoms with Gasteiger partial charge >= 0.3 is 5.97 Å². The topological polar surface area (TPSA) is 69.0 Å². The minimum atomic E-state index is -0.541. The first kappa shape index (κ1) is 20.0. The number of aryl methyl sites for hydroxylation is 2. The summed E-state index contributed by atoms with van der Waals surface area (Å²) >= 11 is 0. The van der Waals surface area contributed by atoms with Gasteiger partial charge < -0.3 is 18.8 Å². The quantitative estimate of drug-likeness (QED) is 0.702. The molecule has 6 heteroatoms. The van der Waals surface area contributed by atoms with Gasteiger partial charge in [-0.25, -0.2) is 4.79 Å². The third kappa shape index (κ3) is 4.55. The van der Waals surface area contributed by atoms with Gasteiger partial charge in [0.05, 0.1) is 6.61 Å². The second kappa shape index (κ2) is 8.95. The lowest BCUT2D eigenvalue weighted by Crippen LogP contribution is -2.48. The maximum atomic E-state index is 12.9. The molecule has 0 spiro atoms. The van der Waals surface area contributed by atoms with E-state index in [2.05, 4.69) is 6.07 Å². The molecule has 1 aromatic carbocycles. The molecule has 1 amide bonds. The van der Waals surface area contributed by atoms with E-state index in [-0.39, 0.29) is 24.2 Å². The Morgan fingerprint density at radius 2 is 2.00 bits per heavy atom. The highest BCUT2D eigenvalue weighted by Crippen LogP contribution is 2.23. The van der Waals surface area contributed by atoms with E-state index in [9.17, 15) is 9.59 Å². The minimum Gasteiger partial charge on any atom is -0.485 e. The Balaban J connectivity index is 1.66. The van der Waals surface area contributed by atoms with Crippen LogP contribution in [0.25, 0.3) is 0 Å². The zero-order chi connectivity index (χ0) is 20.1. The molecular weight excluding hydrogens is 358 g/mol. The summed E-state index contributed by atoms with van der Waals surface area (Å²) in [6.45, 7) is 6.85. The lowest BCUT2D eigenvalue weighted by atomic mass is 10.0. The molecule has 6 nitrogen and oxygen atoms in total. The Hall–Kier alpha value is -2.76. The monoisotopic (exact) mass is 385 g/mol. The number of benzene rings is 1. The maximum absolute atomic E-state index is 12.9. The molecule has 1 saturated heterocycles. The Morgan fingerprint density at radius 1 is 1.18 bits per heavy atom. The largest absolute Gasteiger partial charge is 0.485 e. The number of hydrogen-bond acceptors (Lipinski definition) is 5. The number of likely N-dealkylation sites (tertiary alicyclic amines) is 1. The fraction of sp³-hybridized carbons (Fsp3) is 0.455. The van der Waals surface area contributed by atoms with Crippen LogP contribution in [-0.4, -0.2) is 36.0 Å². The molecule has 2 aromatic rings. The fourth-order valence-corrected chi connectivity index (χ4v) is 3.48. The number of piperidine rings is 1. The molecule has 1 aliphatic heterocycles. The van der Waals surface area contributed by atoms with Crippen molar-refractivity contribution in [3.05, 3.63) is 53.0 Å². The molecular formula is C22H27NO5. The van der Waals surface area contributed by atoms with Crippen LogP contribution in [0, 0.1) is 13.8 Å². The summed E-state index contributed by atoms with van der Waals surface area (Å²) in [5, 5.41) is 0. The number of esters is 1. The van der Waals surface area contributed by atoms with Gasteiger partial charge in [0, 0.05) is 6.54 Å². The van der Waals surface area contributed by atoms with Crippen LogP contribution >= 0.6 is 0 Å². The van der Waals surface area contributed by atoms with Crippen LogP contribution in [0.5, 0.6) is 5.75 Å².